The molecule has 1 aromatic heterocycles. The number of aliphatic carboxylic acids is 1. The van der Waals surface area contributed by atoms with E-state index < -0.39 is 17.5 Å². The molecule has 1 saturated carbocycles. The van der Waals surface area contributed by atoms with E-state index in [9.17, 15) is 9.59 Å². The Balaban J connectivity index is 1.97. The predicted octanol–water partition coefficient (Wildman–Crippen LogP) is 0.781. The molecule has 1 aromatic rings. The van der Waals surface area contributed by atoms with Crippen molar-refractivity contribution in [1.82, 2.24) is 20.5 Å². The fraction of sp³-hybridized carbons (Fsp3) is 0.545. The van der Waals surface area contributed by atoms with Crippen LogP contribution in [-0.2, 0) is 4.79 Å². The third-order valence-electron chi connectivity index (χ3n) is 3.14. The van der Waals surface area contributed by atoms with Crippen LogP contribution in [0.1, 0.15) is 32.1 Å². The van der Waals surface area contributed by atoms with Gasteiger partial charge in [0.15, 0.2) is 0 Å². The van der Waals surface area contributed by atoms with Crippen LogP contribution in [0.2, 0.25) is 0 Å². The highest BCUT2D eigenvalue weighted by Gasteiger charge is 2.37. The van der Waals surface area contributed by atoms with Crippen LogP contribution in [0.25, 0.3) is 0 Å². The summed E-state index contributed by atoms with van der Waals surface area (Å²) in [7, 11) is 0. The minimum Gasteiger partial charge on any atom is -0.481 e. The second kappa shape index (κ2) is 5.59. The van der Waals surface area contributed by atoms with Crippen molar-refractivity contribution in [2.45, 2.75) is 37.6 Å². The summed E-state index contributed by atoms with van der Waals surface area (Å²) in [5.41, 5.74) is -0.669. The van der Waals surface area contributed by atoms with Gasteiger partial charge in [0.2, 0.25) is 0 Å². The molecule has 19 heavy (non-hydrogen) atoms. The largest absolute Gasteiger partial charge is 0.481 e. The number of carbonyl (C=O) groups excluding carboxylic acids is 1. The summed E-state index contributed by atoms with van der Waals surface area (Å²) in [4.78, 5) is 26.5. The first kappa shape index (κ1) is 13.2. The van der Waals surface area contributed by atoms with Crippen molar-refractivity contribution in [2.24, 2.45) is 0 Å². The number of carboxylic acids is 1. The zero-order valence-electron chi connectivity index (χ0n) is 10.3. The fourth-order valence-corrected chi connectivity index (χ4v) is 2.37. The van der Waals surface area contributed by atoms with Crippen LogP contribution >= 0.6 is 0 Å². The number of rotatable bonds is 4. The van der Waals surface area contributed by atoms with E-state index in [4.69, 9.17) is 5.11 Å². The Morgan fingerprint density at radius 2 is 2.05 bits per heavy atom. The lowest BCUT2D eigenvalue weighted by atomic mass is 9.93. The number of aromatic nitrogens is 3. The molecular formula is C11H15N5O3. The summed E-state index contributed by atoms with van der Waals surface area (Å²) in [6.45, 7) is 0. The molecule has 0 aromatic carbocycles. The molecule has 0 saturated heterocycles. The smallest absolute Gasteiger partial charge is 0.322 e. The van der Waals surface area contributed by atoms with Crippen LogP contribution in [0.5, 0.6) is 0 Å². The average molecular weight is 265 g/mol. The van der Waals surface area contributed by atoms with Crippen molar-refractivity contribution in [2.75, 3.05) is 5.32 Å². The van der Waals surface area contributed by atoms with Gasteiger partial charge in [-0.15, -0.1) is 5.10 Å². The maximum Gasteiger partial charge on any atom is 0.322 e. The molecule has 1 aliphatic rings. The van der Waals surface area contributed by atoms with Gasteiger partial charge in [-0.25, -0.2) is 9.78 Å². The molecule has 3 N–H and O–H groups in total. The Bertz CT molecular complexity index is 459. The SMILES string of the molecule is O=C(O)CC1(NC(=O)Nc2nccnn2)CCCC1. The third kappa shape index (κ3) is 3.60. The zero-order chi connectivity index (χ0) is 13.7. The quantitative estimate of drug-likeness (QED) is 0.740. The lowest BCUT2D eigenvalue weighted by molar-refractivity contribution is -0.138. The number of carbonyl (C=O) groups is 2. The second-order valence-corrected chi connectivity index (χ2v) is 4.60. The van der Waals surface area contributed by atoms with Crippen molar-refractivity contribution in [3.05, 3.63) is 12.4 Å². The summed E-state index contributed by atoms with van der Waals surface area (Å²) in [6.07, 6.45) is 5.89. The van der Waals surface area contributed by atoms with Gasteiger partial charge in [0.05, 0.1) is 24.4 Å². The predicted molar refractivity (Wildman–Crippen MR) is 65.4 cm³/mol. The van der Waals surface area contributed by atoms with Crippen LogP contribution < -0.4 is 10.6 Å². The van der Waals surface area contributed by atoms with Crippen molar-refractivity contribution < 1.29 is 14.7 Å². The topological polar surface area (TPSA) is 117 Å². The fourth-order valence-electron chi connectivity index (χ4n) is 2.37. The molecular weight excluding hydrogens is 250 g/mol. The number of urea groups is 1. The van der Waals surface area contributed by atoms with Gasteiger partial charge in [-0.3, -0.25) is 10.1 Å². The molecule has 2 rings (SSSR count). The number of carboxylic acid groups (broad SMARTS) is 1. The van der Waals surface area contributed by atoms with Crippen LogP contribution in [0.15, 0.2) is 12.4 Å². The Morgan fingerprint density at radius 1 is 1.32 bits per heavy atom. The van der Waals surface area contributed by atoms with E-state index in [-0.39, 0.29) is 12.4 Å². The van der Waals surface area contributed by atoms with E-state index >= 15 is 0 Å². The summed E-state index contributed by atoms with van der Waals surface area (Å²) in [5, 5.41) is 21.3. The molecule has 1 aliphatic carbocycles. The Labute approximate surface area is 109 Å². The monoisotopic (exact) mass is 265 g/mol. The van der Waals surface area contributed by atoms with Crippen molar-refractivity contribution in [3.63, 3.8) is 0 Å². The van der Waals surface area contributed by atoms with E-state index in [1.807, 2.05) is 0 Å². The molecule has 1 fully saturated rings. The van der Waals surface area contributed by atoms with Gasteiger partial charge in [-0.05, 0) is 12.8 Å². The second-order valence-electron chi connectivity index (χ2n) is 4.60. The molecule has 8 nitrogen and oxygen atoms in total. The van der Waals surface area contributed by atoms with Crippen molar-refractivity contribution in [3.8, 4) is 0 Å². The summed E-state index contributed by atoms with van der Waals surface area (Å²) in [6, 6.07) is -0.504. The molecule has 0 radical (unpaired) electrons. The maximum atomic E-state index is 11.8. The zero-order valence-corrected chi connectivity index (χ0v) is 10.3. The first-order valence-electron chi connectivity index (χ1n) is 6.04. The van der Waals surface area contributed by atoms with Gasteiger partial charge >= 0.3 is 12.0 Å². The highest BCUT2D eigenvalue weighted by atomic mass is 16.4. The van der Waals surface area contributed by atoms with E-state index in [2.05, 4.69) is 25.8 Å². The lowest BCUT2D eigenvalue weighted by Crippen LogP contribution is -2.49. The molecule has 1 heterocycles. The van der Waals surface area contributed by atoms with Crippen LogP contribution in [0.3, 0.4) is 0 Å². The molecule has 102 valence electrons. The molecule has 8 heteroatoms. The van der Waals surface area contributed by atoms with Gasteiger partial charge in [0.25, 0.3) is 5.95 Å². The molecule has 0 atom stereocenters. The van der Waals surface area contributed by atoms with Gasteiger partial charge in [-0.2, -0.15) is 5.10 Å². The number of hydrogen-bond donors (Lipinski definition) is 3. The first-order valence-corrected chi connectivity index (χ1v) is 6.04. The van der Waals surface area contributed by atoms with Gasteiger partial charge in [-0.1, -0.05) is 12.8 Å². The van der Waals surface area contributed by atoms with Crippen LogP contribution in [-0.4, -0.2) is 37.8 Å². The van der Waals surface area contributed by atoms with E-state index in [0.717, 1.165) is 12.8 Å². The maximum absolute atomic E-state index is 11.8. The Morgan fingerprint density at radius 3 is 2.63 bits per heavy atom. The lowest BCUT2D eigenvalue weighted by Gasteiger charge is -2.28. The van der Waals surface area contributed by atoms with Gasteiger partial charge in [0, 0.05) is 0 Å². The number of amides is 2. The van der Waals surface area contributed by atoms with Crippen molar-refractivity contribution in [1.29, 1.82) is 0 Å². The number of anilines is 1. The summed E-state index contributed by atoms with van der Waals surface area (Å²) >= 11 is 0. The average Bonchev–Trinajstić information content (AvgIpc) is 2.77. The Kier molecular flexibility index (Phi) is 3.88. The molecule has 0 bridgehead atoms. The first-order chi connectivity index (χ1) is 9.10. The number of nitrogens with one attached hydrogen (secondary N) is 2. The summed E-state index contributed by atoms with van der Waals surface area (Å²) in [5.74, 6) is -0.830. The van der Waals surface area contributed by atoms with Crippen LogP contribution in [0, 0.1) is 0 Å². The Hall–Kier alpha value is -2.25. The third-order valence-corrected chi connectivity index (χ3v) is 3.14. The van der Waals surface area contributed by atoms with Gasteiger partial charge < -0.3 is 10.4 Å². The number of hydrogen-bond acceptors (Lipinski definition) is 5. The minimum atomic E-state index is -0.917. The molecule has 0 aliphatic heterocycles. The van der Waals surface area contributed by atoms with Crippen molar-refractivity contribution >= 4 is 17.9 Å². The molecule has 0 unspecified atom stereocenters. The van der Waals surface area contributed by atoms with Gasteiger partial charge in [0.1, 0.15) is 0 Å². The highest BCUT2D eigenvalue weighted by Crippen LogP contribution is 2.32. The highest BCUT2D eigenvalue weighted by molar-refractivity contribution is 5.88. The standard InChI is InChI=1S/C11H15N5O3/c17-8(18)7-11(3-1-2-4-11)15-10(19)14-9-12-5-6-13-16-9/h5-6H,1-4,7H2,(H,17,18)(H2,12,14,15,16,19). The molecule has 2 amide bonds. The molecule has 0 spiro atoms. The summed E-state index contributed by atoms with van der Waals surface area (Å²) < 4.78 is 0. The van der Waals surface area contributed by atoms with E-state index in [1.165, 1.54) is 12.4 Å². The number of nitrogens with zero attached hydrogens (tertiary/aromatic N) is 3. The minimum absolute atomic E-state index is 0.0751. The van der Waals surface area contributed by atoms with Crippen LogP contribution in [0.4, 0.5) is 10.7 Å². The normalized spacial score (nSPS) is 16.8. The van der Waals surface area contributed by atoms with E-state index in [1.54, 1.807) is 0 Å². The van der Waals surface area contributed by atoms with E-state index in [0.29, 0.717) is 12.8 Å².